The number of anilines is 1. The van der Waals surface area contributed by atoms with Crippen LogP contribution in [0.25, 0.3) is 5.65 Å². The lowest BCUT2D eigenvalue weighted by atomic mass is 10.2. The first-order valence-electron chi connectivity index (χ1n) is 6.82. The highest BCUT2D eigenvalue weighted by molar-refractivity contribution is 9.10. The van der Waals surface area contributed by atoms with E-state index in [0.717, 1.165) is 15.8 Å². The number of amides is 1. The number of rotatable bonds is 3. The molecule has 0 saturated carbocycles. The van der Waals surface area contributed by atoms with E-state index < -0.39 is 0 Å². The van der Waals surface area contributed by atoms with Gasteiger partial charge in [-0.15, -0.1) is 0 Å². The van der Waals surface area contributed by atoms with Gasteiger partial charge in [0.2, 0.25) is 0 Å². The standard InChI is InChI=1S/C16H13BrClN3O/c1-2-13-15(21-9-10(17)6-7-14(21)20-13)16(22)19-12-5-3-4-11(18)8-12/h3-9H,2H2,1H3,(H,19,22). The van der Waals surface area contributed by atoms with Crippen molar-refractivity contribution in [3.8, 4) is 0 Å². The Balaban J connectivity index is 2.04. The lowest BCUT2D eigenvalue weighted by molar-refractivity contribution is 0.102. The molecule has 4 nitrogen and oxygen atoms in total. The number of hydrogen-bond donors (Lipinski definition) is 1. The van der Waals surface area contributed by atoms with Gasteiger partial charge in [0.1, 0.15) is 11.3 Å². The van der Waals surface area contributed by atoms with E-state index in [1.807, 2.05) is 25.3 Å². The fraction of sp³-hybridized carbons (Fsp3) is 0.125. The van der Waals surface area contributed by atoms with E-state index >= 15 is 0 Å². The van der Waals surface area contributed by atoms with Crippen LogP contribution in [0, 0.1) is 0 Å². The summed E-state index contributed by atoms with van der Waals surface area (Å²) in [6.45, 7) is 1.98. The second-order valence-electron chi connectivity index (χ2n) is 4.80. The van der Waals surface area contributed by atoms with Gasteiger partial charge in [-0.05, 0) is 52.7 Å². The topological polar surface area (TPSA) is 46.4 Å². The molecule has 0 aliphatic heterocycles. The molecular formula is C16H13BrClN3O. The smallest absolute Gasteiger partial charge is 0.274 e. The van der Waals surface area contributed by atoms with Crippen LogP contribution in [0.2, 0.25) is 5.02 Å². The van der Waals surface area contributed by atoms with E-state index in [-0.39, 0.29) is 5.91 Å². The summed E-state index contributed by atoms with van der Waals surface area (Å²) in [5.74, 6) is -0.204. The van der Waals surface area contributed by atoms with Gasteiger partial charge >= 0.3 is 0 Å². The van der Waals surface area contributed by atoms with E-state index in [0.29, 0.717) is 22.8 Å². The third-order valence-corrected chi connectivity index (χ3v) is 3.99. The number of nitrogens with one attached hydrogen (secondary N) is 1. The Morgan fingerprint density at radius 3 is 2.91 bits per heavy atom. The highest BCUT2D eigenvalue weighted by Gasteiger charge is 2.18. The summed E-state index contributed by atoms with van der Waals surface area (Å²) in [4.78, 5) is 17.2. The zero-order valence-electron chi connectivity index (χ0n) is 11.8. The summed E-state index contributed by atoms with van der Waals surface area (Å²) in [6, 6.07) is 10.8. The number of fused-ring (bicyclic) bond motifs is 1. The quantitative estimate of drug-likeness (QED) is 0.726. The number of halogens is 2. The Labute approximate surface area is 141 Å². The first-order chi connectivity index (χ1) is 10.6. The van der Waals surface area contributed by atoms with Crippen molar-refractivity contribution in [1.82, 2.24) is 9.38 Å². The van der Waals surface area contributed by atoms with Crippen molar-refractivity contribution < 1.29 is 4.79 Å². The SMILES string of the molecule is CCc1nc2ccc(Br)cn2c1C(=O)Nc1cccc(Cl)c1. The molecule has 0 fully saturated rings. The third-order valence-electron chi connectivity index (χ3n) is 3.29. The summed E-state index contributed by atoms with van der Waals surface area (Å²) in [5.41, 5.74) is 2.71. The molecular weight excluding hydrogens is 366 g/mol. The second kappa shape index (κ2) is 6.10. The molecule has 2 heterocycles. The molecule has 0 aliphatic rings. The van der Waals surface area contributed by atoms with Crippen LogP contribution in [0.1, 0.15) is 23.1 Å². The molecule has 0 spiro atoms. The van der Waals surface area contributed by atoms with Crippen molar-refractivity contribution in [3.05, 3.63) is 63.5 Å². The second-order valence-corrected chi connectivity index (χ2v) is 6.15. The molecule has 112 valence electrons. The molecule has 22 heavy (non-hydrogen) atoms. The number of pyridine rings is 1. The molecule has 3 aromatic rings. The number of aromatic nitrogens is 2. The minimum Gasteiger partial charge on any atom is -0.321 e. The highest BCUT2D eigenvalue weighted by Crippen LogP contribution is 2.20. The van der Waals surface area contributed by atoms with E-state index in [9.17, 15) is 4.79 Å². The van der Waals surface area contributed by atoms with Crippen molar-refractivity contribution in [1.29, 1.82) is 0 Å². The fourth-order valence-electron chi connectivity index (χ4n) is 2.31. The van der Waals surface area contributed by atoms with Crippen molar-refractivity contribution in [2.45, 2.75) is 13.3 Å². The number of nitrogens with zero attached hydrogens (tertiary/aromatic N) is 2. The van der Waals surface area contributed by atoms with Gasteiger partial charge in [-0.3, -0.25) is 9.20 Å². The fourth-order valence-corrected chi connectivity index (χ4v) is 2.84. The number of benzene rings is 1. The van der Waals surface area contributed by atoms with Crippen molar-refractivity contribution in [2.75, 3.05) is 5.32 Å². The molecule has 0 radical (unpaired) electrons. The first-order valence-corrected chi connectivity index (χ1v) is 7.99. The maximum atomic E-state index is 12.7. The molecule has 0 saturated heterocycles. The van der Waals surface area contributed by atoms with Gasteiger partial charge in [-0.2, -0.15) is 0 Å². The Morgan fingerprint density at radius 1 is 1.36 bits per heavy atom. The molecule has 1 N–H and O–H groups in total. The summed E-state index contributed by atoms with van der Waals surface area (Å²) in [6.07, 6.45) is 2.52. The lowest BCUT2D eigenvalue weighted by Crippen LogP contribution is -2.16. The largest absolute Gasteiger partial charge is 0.321 e. The average Bonchev–Trinajstić information content (AvgIpc) is 2.85. The van der Waals surface area contributed by atoms with Crippen LogP contribution in [-0.2, 0) is 6.42 Å². The Bertz CT molecular complexity index is 860. The Kier molecular flexibility index (Phi) is 4.18. The monoisotopic (exact) mass is 377 g/mol. The molecule has 1 amide bonds. The van der Waals surface area contributed by atoms with Crippen LogP contribution in [0.5, 0.6) is 0 Å². The molecule has 0 atom stereocenters. The van der Waals surface area contributed by atoms with Gasteiger partial charge < -0.3 is 5.32 Å². The van der Waals surface area contributed by atoms with Crippen LogP contribution >= 0.6 is 27.5 Å². The van der Waals surface area contributed by atoms with Crippen molar-refractivity contribution in [3.63, 3.8) is 0 Å². The zero-order valence-corrected chi connectivity index (χ0v) is 14.1. The summed E-state index contributed by atoms with van der Waals surface area (Å²) in [7, 11) is 0. The highest BCUT2D eigenvalue weighted by atomic mass is 79.9. The number of carbonyl (C=O) groups is 1. The minimum atomic E-state index is -0.204. The zero-order chi connectivity index (χ0) is 15.7. The maximum Gasteiger partial charge on any atom is 0.274 e. The van der Waals surface area contributed by atoms with Crippen LogP contribution < -0.4 is 5.32 Å². The third kappa shape index (κ3) is 2.87. The molecule has 3 rings (SSSR count). The number of aryl methyl sites for hydroxylation is 1. The maximum absolute atomic E-state index is 12.7. The lowest BCUT2D eigenvalue weighted by Gasteiger charge is -2.07. The average molecular weight is 379 g/mol. The Morgan fingerprint density at radius 2 is 2.18 bits per heavy atom. The molecule has 0 aliphatic carbocycles. The molecule has 0 unspecified atom stereocenters. The predicted molar refractivity (Wildman–Crippen MR) is 91.7 cm³/mol. The summed E-state index contributed by atoms with van der Waals surface area (Å²) < 4.78 is 2.68. The van der Waals surface area contributed by atoms with E-state index in [4.69, 9.17) is 11.6 Å². The Hall–Kier alpha value is -1.85. The van der Waals surface area contributed by atoms with Gasteiger partial charge in [0.15, 0.2) is 0 Å². The van der Waals surface area contributed by atoms with E-state index in [1.54, 1.807) is 28.7 Å². The van der Waals surface area contributed by atoms with Crippen molar-refractivity contribution >= 4 is 44.8 Å². The van der Waals surface area contributed by atoms with Gasteiger partial charge in [0.25, 0.3) is 5.91 Å². The van der Waals surface area contributed by atoms with Crippen LogP contribution in [0.3, 0.4) is 0 Å². The summed E-state index contributed by atoms with van der Waals surface area (Å²) in [5, 5.41) is 3.45. The molecule has 2 aromatic heterocycles. The van der Waals surface area contributed by atoms with Gasteiger partial charge in [-0.1, -0.05) is 24.6 Å². The van der Waals surface area contributed by atoms with E-state index in [1.165, 1.54) is 0 Å². The number of imidazole rings is 1. The van der Waals surface area contributed by atoms with Crippen LogP contribution in [-0.4, -0.2) is 15.3 Å². The first kappa shape index (κ1) is 15.1. The summed E-state index contributed by atoms with van der Waals surface area (Å²) >= 11 is 9.38. The molecule has 6 heteroatoms. The molecule has 0 bridgehead atoms. The van der Waals surface area contributed by atoms with E-state index in [2.05, 4.69) is 26.2 Å². The number of carbonyl (C=O) groups excluding carboxylic acids is 1. The van der Waals surface area contributed by atoms with Crippen molar-refractivity contribution in [2.24, 2.45) is 0 Å². The normalized spacial score (nSPS) is 10.9. The van der Waals surface area contributed by atoms with Crippen LogP contribution in [0.4, 0.5) is 5.69 Å². The number of hydrogen-bond acceptors (Lipinski definition) is 2. The van der Waals surface area contributed by atoms with Gasteiger partial charge in [0.05, 0.1) is 5.69 Å². The van der Waals surface area contributed by atoms with Gasteiger partial charge in [0, 0.05) is 21.4 Å². The minimum absolute atomic E-state index is 0.204. The van der Waals surface area contributed by atoms with Crippen LogP contribution in [0.15, 0.2) is 47.1 Å². The molecule has 1 aromatic carbocycles. The predicted octanol–water partition coefficient (Wildman–Crippen LogP) is 4.56. The van der Waals surface area contributed by atoms with Gasteiger partial charge in [-0.25, -0.2) is 4.98 Å².